The number of benzene rings is 1. The third kappa shape index (κ3) is 1.50. The van der Waals surface area contributed by atoms with Crippen LogP contribution in [0.5, 0.6) is 0 Å². The van der Waals surface area contributed by atoms with Crippen LogP contribution < -0.4 is 5.32 Å². The molecule has 3 heteroatoms. The first-order chi connectivity index (χ1) is 9.84. The van der Waals surface area contributed by atoms with Crippen molar-refractivity contribution in [2.45, 2.75) is 52.0 Å². The van der Waals surface area contributed by atoms with Crippen molar-refractivity contribution in [3.63, 3.8) is 0 Å². The molecule has 3 nitrogen and oxygen atoms in total. The van der Waals surface area contributed by atoms with Gasteiger partial charge in [0.2, 0.25) is 0 Å². The van der Waals surface area contributed by atoms with Crippen LogP contribution in [0.2, 0.25) is 0 Å². The van der Waals surface area contributed by atoms with Gasteiger partial charge in [0.1, 0.15) is 5.82 Å². The van der Waals surface area contributed by atoms with Crippen LogP contribution in [-0.2, 0) is 18.9 Å². The fourth-order valence-corrected chi connectivity index (χ4v) is 4.57. The van der Waals surface area contributed by atoms with E-state index in [0.29, 0.717) is 6.04 Å². The summed E-state index contributed by atoms with van der Waals surface area (Å²) in [5.74, 6) is 1.10. The predicted molar refractivity (Wildman–Crippen MR) is 86.7 cm³/mol. The van der Waals surface area contributed by atoms with Gasteiger partial charge in [-0.05, 0) is 55.0 Å². The summed E-state index contributed by atoms with van der Waals surface area (Å²) in [4.78, 5) is 4.75. The highest BCUT2D eigenvalue weighted by Gasteiger charge is 2.53. The molecule has 1 aliphatic carbocycles. The number of nitrogens with one attached hydrogen (secondary N) is 1. The number of fused-ring (bicyclic) bond motifs is 5. The molecule has 1 aliphatic heterocycles. The normalized spacial score (nSPS) is 30.4. The third-order valence-electron chi connectivity index (χ3n) is 6.66. The van der Waals surface area contributed by atoms with Crippen molar-refractivity contribution >= 4 is 11.0 Å². The zero-order valence-electron chi connectivity index (χ0n) is 13.7. The molecule has 0 amide bonds. The summed E-state index contributed by atoms with van der Waals surface area (Å²) in [6.45, 7) is 10.5. The Morgan fingerprint density at radius 1 is 1.29 bits per heavy atom. The van der Waals surface area contributed by atoms with E-state index in [0.717, 1.165) is 24.3 Å². The van der Waals surface area contributed by atoms with E-state index in [-0.39, 0.29) is 10.8 Å². The van der Waals surface area contributed by atoms with Crippen molar-refractivity contribution in [2.75, 3.05) is 6.54 Å². The van der Waals surface area contributed by atoms with Crippen LogP contribution in [0.15, 0.2) is 12.1 Å². The van der Waals surface area contributed by atoms with Crippen LogP contribution in [0, 0.1) is 12.3 Å². The van der Waals surface area contributed by atoms with Gasteiger partial charge in [0.05, 0.1) is 11.0 Å². The van der Waals surface area contributed by atoms with Gasteiger partial charge in [-0.25, -0.2) is 4.98 Å². The Morgan fingerprint density at radius 2 is 2.05 bits per heavy atom. The topological polar surface area (TPSA) is 29.9 Å². The molecule has 1 aromatic heterocycles. The standard InChI is InChI=1S/C18H25N3/c1-11-20-14-10-13-12(8-15(14)21(11)5)9-16-17(2,3)18(13,4)6-7-19-16/h8,10,16,19H,6-7,9H2,1-5H3/t16-,18+/m1/s1. The van der Waals surface area contributed by atoms with Gasteiger partial charge in [-0.15, -0.1) is 0 Å². The van der Waals surface area contributed by atoms with Gasteiger partial charge < -0.3 is 9.88 Å². The van der Waals surface area contributed by atoms with E-state index in [9.17, 15) is 0 Å². The summed E-state index contributed by atoms with van der Waals surface area (Å²) >= 11 is 0. The Hall–Kier alpha value is -1.35. The van der Waals surface area contributed by atoms with Crippen molar-refractivity contribution in [2.24, 2.45) is 12.5 Å². The van der Waals surface area contributed by atoms with Gasteiger partial charge in [-0.1, -0.05) is 20.8 Å². The minimum Gasteiger partial charge on any atom is -0.331 e. The molecule has 0 unspecified atom stereocenters. The zero-order chi connectivity index (χ0) is 15.0. The van der Waals surface area contributed by atoms with Crippen molar-refractivity contribution in [3.05, 3.63) is 29.1 Å². The first-order valence-corrected chi connectivity index (χ1v) is 8.04. The first kappa shape index (κ1) is 13.3. The van der Waals surface area contributed by atoms with E-state index in [1.807, 2.05) is 0 Å². The zero-order valence-corrected chi connectivity index (χ0v) is 13.7. The highest BCUT2D eigenvalue weighted by Crippen LogP contribution is 2.54. The Kier molecular flexibility index (Phi) is 2.47. The van der Waals surface area contributed by atoms with E-state index < -0.39 is 0 Å². The molecule has 0 saturated carbocycles. The van der Waals surface area contributed by atoms with Gasteiger partial charge in [0, 0.05) is 18.5 Å². The maximum Gasteiger partial charge on any atom is 0.106 e. The van der Waals surface area contributed by atoms with E-state index in [2.05, 4.69) is 56.8 Å². The van der Waals surface area contributed by atoms with E-state index >= 15 is 0 Å². The second-order valence-corrected chi connectivity index (χ2v) is 7.73. The Balaban J connectivity index is 2.02. The van der Waals surface area contributed by atoms with Gasteiger partial charge in [0.15, 0.2) is 0 Å². The maximum absolute atomic E-state index is 4.75. The number of hydrogen-bond donors (Lipinski definition) is 1. The number of nitrogens with zero attached hydrogens (tertiary/aromatic N) is 2. The summed E-state index contributed by atoms with van der Waals surface area (Å²) in [5.41, 5.74) is 6.02. The molecule has 1 N–H and O–H groups in total. The molecular formula is C18H25N3. The highest BCUT2D eigenvalue weighted by molar-refractivity contribution is 5.79. The number of aromatic nitrogens is 2. The van der Waals surface area contributed by atoms with Crippen LogP contribution in [-0.4, -0.2) is 22.1 Å². The van der Waals surface area contributed by atoms with Gasteiger partial charge in [0.25, 0.3) is 0 Å². The summed E-state index contributed by atoms with van der Waals surface area (Å²) in [6.07, 6.45) is 2.35. The molecule has 1 saturated heterocycles. The predicted octanol–water partition coefficient (Wildman–Crippen LogP) is 3.08. The molecule has 21 heavy (non-hydrogen) atoms. The lowest BCUT2D eigenvalue weighted by atomic mass is 9.51. The van der Waals surface area contributed by atoms with Crippen molar-refractivity contribution in [1.82, 2.24) is 14.9 Å². The minimum absolute atomic E-state index is 0.246. The molecule has 2 aliphatic rings. The van der Waals surface area contributed by atoms with Gasteiger partial charge >= 0.3 is 0 Å². The lowest BCUT2D eigenvalue weighted by molar-refractivity contribution is 0.0561. The number of aryl methyl sites for hydroxylation is 2. The first-order valence-electron chi connectivity index (χ1n) is 8.04. The SMILES string of the molecule is Cc1nc2cc3c(cc2n1C)C[C@H]1NCC[C@]3(C)C1(C)C. The molecule has 2 atom stereocenters. The fraction of sp³-hybridized carbons (Fsp3) is 0.611. The largest absolute Gasteiger partial charge is 0.331 e. The molecule has 0 spiro atoms. The van der Waals surface area contributed by atoms with Crippen LogP contribution in [0.25, 0.3) is 11.0 Å². The van der Waals surface area contributed by atoms with Crippen LogP contribution in [0.1, 0.15) is 44.1 Å². The molecular weight excluding hydrogens is 258 g/mol. The number of imidazole rings is 1. The maximum atomic E-state index is 4.75. The quantitative estimate of drug-likeness (QED) is 0.805. The van der Waals surface area contributed by atoms with Crippen LogP contribution in [0.3, 0.4) is 0 Å². The summed E-state index contributed by atoms with van der Waals surface area (Å²) in [6, 6.07) is 5.34. The lowest BCUT2D eigenvalue weighted by Crippen LogP contribution is -2.62. The van der Waals surface area contributed by atoms with Gasteiger partial charge in [-0.3, -0.25) is 0 Å². The molecule has 2 aromatic rings. The molecule has 1 fully saturated rings. The summed E-state index contributed by atoms with van der Waals surface area (Å²) in [7, 11) is 2.12. The monoisotopic (exact) mass is 283 g/mol. The average molecular weight is 283 g/mol. The van der Waals surface area contributed by atoms with Crippen LogP contribution in [0.4, 0.5) is 0 Å². The number of hydrogen-bond acceptors (Lipinski definition) is 2. The van der Waals surface area contributed by atoms with Gasteiger partial charge in [-0.2, -0.15) is 0 Å². The molecule has 4 rings (SSSR count). The Bertz CT molecular complexity index is 740. The molecule has 2 heterocycles. The highest BCUT2D eigenvalue weighted by atomic mass is 15.1. The smallest absolute Gasteiger partial charge is 0.106 e. The van der Waals surface area contributed by atoms with E-state index in [1.54, 1.807) is 0 Å². The second-order valence-electron chi connectivity index (χ2n) is 7.73. The summed E-state index contributed by atoms with van der Waals surface area (Å²) < 4.78 is 2.21. The lowest BCUT2D eigenvalue weighted by Gasteiger charge is -2.57. The second kappa shape index (κ2) is 3.89. The minimum atomic E-state index is 0.246. The molecule has 2 bridgehead atoms. The summed E-state index contributed by atoms with van der Waals surface area (Å²) in [5, 5.41) is 3.75. The molecule has 112 valence electrons. The van der Waals surface area contributed by atoms with Crippen molar-refractivity contribution < 1.29 is 0 Å². The Morgan fingerprint density at radius 3 is 2.81 bits per heavy atom. The van der Waals surface area contributed by atoms with Crippen molar-refractivity contribution in [3.8, 4) is 0 Å². The average Bonchev–Trinajstić information content (AvgIpc) is 2.68. The Labute approximate surface area is 126 Å². The third-order valence-corrected chi connectivity index (χ3v) is 6.66. The molecule has 1 aromatic carbocycles. The molecule has 0 radical (unpaired) electrons. The fourth-order valence-electron chi connectivity index (χ4n) is 4.57. The van der Waals surface area contributed by atoms with E-state index in [4.69, 9.17) is 4.98 Å². The van der Waals surface area contributed by atoms with Crippen molar-refractivity contribution in [1.29, 1.82) is 0 Å². The van der Waals surface area contributed by atoms with E-state index in [1.165, 1.54) is 23.1 Å². The van der Waals surface area contributed by atoms with Crippen LogP contribution >= 0.6 is 0 Å². The number of rotatable bonds is 0. The number of piperidine rings is 1.